The van der Waals surface area contributed by atoms with Crippen molar-refractivity contribution in [1.82, 2.24) is 15.5 Å². The van der Waals surface area contributed by atoms with Crippen LogP contribution in [0.4, 0.5) is 0 Å². The van der Waals surface area contributed by atoms with Crippen molar-refractivity contribution in [3.63, 3.8) is 0 Å². The molecule has 0 bridgehead atoms. The zero-order valence-corrected chi connectivity index (χ0v) is 18.3. The van der Waals surface area contributed by atoms with Gasteiger partial charge in [0.1, 0.15) is 5.75 Å². The van der Waals surface area contributed by atoms with E-state index in [-0.39, 0.29) is 24.0 Å². The fourth-order valence-electron chi connectivity index (χ4n) is 1.95. The first-order chi connectivity index (χ1) is 11.2. The zero-order valence-electron chi connectivity index (χ0n) is 15.2. The summed E-state index contributed by atoms with van der Waals surface area (Å²) in [7, 11) is 5.94. The lowest BCUT2D eigenvalue weighted by molar-refractivity contribution is 0.281. The van der Waals surface area contributed by atoms with Crippen molar-refractivity contribution < 1.29 is 4.74 Å². The van der Waals surface area contributed by atoms with E-state index in [2.05, 4.69) is 53.0 Å². The molecule has 0 saturated carbocycles. The Bertz CT molecular complexity index is 454. The average molecular weight is 466 g/mol. The average Bonchev–Trinajstić information content (AvgIpc) is 2.56. The van der Waals surface area contributed by atoms with Gasteiger partial charge in [-0.3, -0.25) is 4.99 Å². The summed E-state index contributed by atoms with van der Waals surface area (Å²) in [6.45, 7) is 3.47. The second-order valence-electron chi connectivity index (χ2n) is 5.49. The summed E-state index contributed by atoms with van der Waals surface area (Å²) in [5.41, 5.74) is 1.21. The van der Waals surface area contributed by atoms with Crippen LogP contribution in [0.25, 0.3) is 0 Å². The van der Waals surface area contributed by atoms with Gasteiger partial charge in [0.15, 0.2) is 5.96 Å². The zero-order chi connectivity index (χ0) is 16.9. The van der Waals surface area contributed by atoms with E-state index in [9.17, 15) is 0 Å². The molecule has 0 aliphatic heterocycles. The topological polar surface area (TPSA) is 48.9 Å². The maximum atomic E-state index is 5.74. The molecule has 138 valence electrons. The summed E-state index contributed by atoms with van der Waals surface area (Å²) in [5, 5.41) is 6.60. The van der Waals surface area contributed by atoms with Gasteiger partial charge in [0.2, 0.25) is 0 Å². The number of thioether (sulfide) groups is 1. The molecule has 0 atom stereocenters. The van der Waals surface area contributed by atoms with Gasteiger partial charge in [-0.05, 0) is 44.5 Å². The number of halogens is 1. The first kappa shape index (κ1) is 23.3. The highest BCUT2D eigenvalue weighted by atomic mass is 127. The van der Waals surface area contributed by atoms with Gasteiger partial charge >= 0.3 is 0 Å². The Morgan fingerprint density at radius 1 is 1.21 bits per heavy atom. The molecule has 0 fully saturated rings. The predicted octanol–water partition coefficient (Wildman–Crippen LogP) is 2.66. The molecule has 0 spiro atoms. The maximum Gasteiger partial charge on any atom is 0.191 e. The molecule has 24 heavy (non-hydrogen) atoms. The molecule has 5 nitrogen and oxygen atoms in total. The molecule has 2 N–H and O–H groups in total. The molecule has 1 rings (SSSR count). The third-order valence-electron chi connectivity index (χ3n) is 3.22. The number of guanidine groups is 1. The van der Waals surface area contributed by atoms with Crippen LogP contribution in [-0.2, 0) is 6.54 Å². The van der Waals surface area contributed by atoms with E-state index in [1.165, 1.54) is 5.56 Å². The van der Waals surface area contributed by atoms with Gasteiger partial charge in [-0.15, -0.1) is 24.0 Å². The summed E-state index contributed by atoms with van der Waals surface area (Å²) in [4.78, 5) is 6.38. The number of benzene rings is 1. The lowest BCUT2D eigenvalue weighted by Gasteiger charge is -2.12. The Balaban J connectivity index is 0.00000529. The van der Waals surface area contributed by atoms with E-state index in [4.69, 9.17) is 4.74 Å². The molecule has 0 heterocycles. The van der Waals surface area contributed by atoms with Crippen LogP contribution >= 0.6 is 35.7 Å². The van der Waals surface area contributed by atoms with Crippen LogP contribution in [0.1, 0.15) is 12.0 Å². The van der Waals surface area contributed by atoms with Crippen molar-refractivity contribution in [2.75, 3.05) is 52.8 Å². The second kappa shape index (κ2) is 14.7. The SMILES string of the molecule is CN=C(NCCSC)NCc1ccc(OCCCN(C)C)cc1.I. The van der Waals surface area contributed by atoms with Crippen molar-refractivity contribution in [3.8, 4) is 5.75 Å². The number of rotatable bonds is 10. The smallest absolute Gasteiger partial charge is 0.191 e. The van der Waals surface area contributed by atoms with Gasteiger partial charge in [-0.1, -0.05) is 12.1 Å². The van der Waals surface area contributed by atoms with Crippen molar-refractivity contribution in [2.45, 2.75) is 13.0 Å². The predicted molar refractivity (Wildman–Crippen MR) is 117 cm³/mol. The monoisotopic (exact) mass is 466 g/mol. The summed E-state index contributed by atoms with van der Waals surface area (Å²) < 4.78 is 5.74. The summed E-state index contributed by atoms with van der Waals surface area (Å²) in [5.74, 6) is 2.83. The standard InChI is InChI=1S/C17H30N4OS.HI/c1-18-17(19-10-13-23-4)20-14-15-6-8-16(9-7-15)22-12-5-11-21(2)3;/h6-9H,5,10-14H2,1-4H3,(H2,18,19,20);1H. The van der Waals surface area contributed by atoms with Gasteiger partial charge in [-0.25, -0.2) is 0 Å². The normalized spacial score (nSPS) is 11.1. The van der Waals surface area contributed by atoms with Gasteiger partial charge in [-0.2, -0.15) is 11.8 Å². The van der Waals surface area contributed by atoms with E-state index in [0.29, 0.717) is 0 Å². The Morgan fingerprint density at radius 2 is 1.92 bits per heavy atom. The fourth-order valence-corrected chi connectivity index (χ4v) is 2.26. The minimum atomic E-state index is 0. The summed E-state index contributed by atoms with van der Waals surface area (Å²) in [6.07, 6.45) is 3.14. The van der Waals surface area contributed by atoms with Crippen LogP contribution in [-0.4, -0.2) is 63.7 Å². The number of nitrogens with zero attached hydrogens (tertiary/aromatic N) is 2. The molecule has 0 radical (unpaired) electrons. The van der Waals surface area contributed by atoms with Crippen LogP contribution in [0, 0.1) is 0 Å². The highest BCUT2D eigenvalue weighted by Crippen LogP contribution is 2.12. The first-order valence-corrected chi connectivity index (χ1v) is 9.35. The van der Waals surface area contributed by atoms with E-state index in [0.717, 1.165) is 50.1 Å². The van der Waals surface area contributed by atoms with E-state index < -0.39 is 0 Å². The lowest BCUT2D eigenvalue weighted by Crippen LogP contribution is -2.37. The van der Waals surface area contributed by atoms with Crippen LogP contribution in [0.15, 0.2) is 29.3 Å². The quantitative estimate of drug-likeness (QED) is 0.240. The minimum absolute atomic E-state index is 0. The minimum Gasteiger partial charge on any atom is -0.494 e. The maximum absolute atomic E-state index is 5.74. The van der Waals surface area contributed by atoms with Crippen molar-refractivity contribution in [2.24, 2.45) is 4.99 Å². The molecule has 0 aromatic heterocycles. The summed E-state index contributed by atoms with van der Waals surface area (Å²) in [6, 6.07) is 8.22. The second-order valence-corrected chi connectivity index (χ2v) is 6.48. The third-order valence-corrected chi connectivity index (χ3v) is 3.84. The van der Waals surface area contributed by atoms with E-state index in [1.54, 1.807) is 7.05 Å². The summed E-state index contributed by atoms with van der Waals surface area (Å²) >= 11 is 1.82. The van der Waals surface area contributed by atoms with Crippen molar-refractivity contribution >= 4 is 41.7 Å². The molecule has 0 aliphatic carbocycles. The number of hydrogen-bond acceptors (Lipinski definition) is 4. The lowest BCUT2D eigenvalue weighted by atomic mass is 10.2. The van der Waals surface area contributed by atoms with Crippen LogP contribution in [0.3, 0.4) is 0 Å². The molecule has 0 unspecified atom stereocenters. The Kier molecular flexibility index (Phi) is 14.2. The Morgan fingerprint density at radius 3 is 2.50 bits per heavy atom. The van der Waals surface area contributed by atoms with Crippen molar-refractivity contribution in [3.05, 3.63) is 29.8 Å². The third kappa shape index (κ3) is 11.0. The Hall–Kier alpha value is -0.670. The number of nitrogens with one attached hydrogen (secondary N) is 2. The largest absolute Gasteiger partial charge is 0.494 e. The van der Waals surface area contributed by atoms with Crippen LogP contribution in [0.2, 0.25) is 0 Å². The van der Waals surface area contributed by atoms with E-state index >= 15 is 0 Å². The molecular formula is C17H31IN4OS. The van der Waals surface area contributed by atoms with Gasteiger partial charge < -0.3 is 20.3 Å². The molecule has 0 aliphatic rings. The molecule has 1 aromatic rings. The van der Waals surface area contributed by atoms with Crippen LogP contribution < -0.4 is 15.4 Å². The number of hydrogen-bond donors (Lipinski definition) is 2. The highest BCUT2D eigenvalue weighted by molar-refractivity contribution is 14.0. The number of aliphatic imine (C=N–C) groups is 1. The first-order valence-electron chi connectivity index (χ1n) is 7.95. The fraction of sp³-hybridized carbons (Fsp3) is 0.588. The van der Waals surface area contributed by atoms with Gasteiger partial charge in [0.25, 0.3) is 0 Å². The number of ether oxygens (including phenoxy) is 1. The van der Waals surface area contributed by atoms with Crippen molar-refractivity contribution in [1.29, 1.82) is 0 Å². The molecular weight excluding hydrogens is 435 g/mol. The Labute approximate surface area is 168 Å². The molecule has 1 aromatic carbocycles. The van der Waals surface area contributed by atoms with Gasteiger partial charge in [0.05, 0.1) is 6.61 Å². The van der Waals surface area contributed by atoms with Crippen LogP contribution in [0.5, 0.6) is 5.75 Å². The molecule has 0 saturated heterocycles. The van der Waals surface area contributed by atoms with Gasteiger partial charge in [0, 0.05) is 32.4 Å². The highest BCUT2D eigenvalue weighted by Gasteiger charge is 1.99. The molecule has 7 heteroatoms. The van der Waals surface area contributed by atoms with E-state index in [1.807, 2.05) is 23.9 Å². The molecule has 0 amide bonds.